The number of hydrogen-bond donors (Lipinski definition) is 0. The second-order valence-corrected chi connectivity index (χ2v) is 2.94. The van der Waals surface area contributed by atoms with E-state index in [1.807, 2.05) is 0 Å². The van der Waals surface area contributed by atoms with Gasteiger partial charge in [0.2, 0.25) is 0 Å². The van der Waals surface area contributed by atoms with Crippen molar-refractivity contribution >= 4 is 0 Å². The third-order valence-electron chi connectivity index (χ3n) is 1.87. The smallest absolute Gasteiger partial charge is 0.205 e. The summed E-state index contributed by atoms with van der Waals surface area (Å²) in [6.45, 7) is 0. The molecular formula is C10H4F4N2. The van der Waals surface area contributed by atoms with Gasteiger partial charge in [0, 0.05) is 5.56 Å². The van der Waals surface area contributed by atoms with Crippen molar-refractivity contribution in [2.45, 2.75) is 12.6 Å². The van der Waals surface area contributed by atoms with Crippen LogP contribution in [0.2, 0.25) is 0 Å². The Balaban J connectivity index is 3.43. The molecule has 0 saturated carbocycles. The molecule has 0 aliphatic rings. The van der Waals surface area contributed by atoms with Gasteiger partial charge in [-0.25, -0.2) is 4.39 Å². The molecular weight excluding hydrogens is 224 g/mol. The van der Waals surface area contributed by atoms with Gasteiger partial charge in [0.05, 0.1) is 23.6 Å². The monoisotopic (exact) mass is 228 g/mol. The third kappa shape index (κ3) is 2.29. The van der Waals surface area contributed by atoms with E-state index in [0.717, 1.165) is 0 Å². The summed E-state index contributed by atoms with van der Waals surface area (Å²) < 4.78 is 50.3. The maximum absolute atomic E-state index is 13.3. The summed E-state index contributed by atoms with van der Waals surface area (Å²) in [5.41, 5.74) is -2.26. The quantitative estimate of drug-likeness (QED) is 0.694. The summed E-state index contributed by atoms with van der Waals surface area (Å²) in [6, 6.07) is 3.83. The molecule has 0 aliphatic carbocycles. The fourth-order valence-corrected chi connectivity index (χ4v) is 1.14. The van der Waals surface area contributed by atoms with Gasteiger partial charge in [0.1, 0.15) is 11.9 Å². The number of rotatable bonds is 1. The fraction of sp³-hybridized carbons (Fsp3) is 0.200. The summed E-state index contributed by atoms with van der Waals surface area (Å²) >= 11 is 0. The summed E-state index contributed by atoms with van der Waals surface area (Å²) in [7, 11) is 0. The highest BCUT2D eigenvalue weighted by Crippen LogP contribution is 2.31. The van der Waals surface area contributed by atoms with E-state index in [9.17, 15) is 17.6 Å². The Morgan fingerprint density at radius 2 is 1.81 bits per heavy atom. The molecule has 0 radical (unpaired) electrons. The second kappa shape index (κ2) is 4.19. The minimum atomic E-state index is -4.66. The van der Waals surface area contributed by atoms with Crippen LogP contribution in [0.4, 0.5) is 17.6 Å². The van der Waals surface area contributed by atoms with Gasteiger partial charge in [-0.2, -0.15) is 23.7 Å². The van der Waals surface area contributed by atoms with E-state index in [4.69, 9.17) is 10.5 Å². The Bertz CT molecular complexity index is 491. The normalized spacial score (nSPS) is 10.6. The van der Waals surface area contributed by atoms with Gasteiger partial charge >= 0.3 is 6.18 Å². The molecule has 2 nitrogen and oxygen atoms in total. The van der Waals surface area contributed by atoms with Crippen LogP contribution in [-0.2, 0) is 12.6 Å². The Morgan fingerprint density at radius 3 is 2.25 bits per heavy atom. The molecule has 1 aromatic rings. The average Bonchev–Trinajstić information content (AvgIpc) is 2.19. The number of hydrogen-bond acceptors (Lipinski definition) is 2. The summed E-state index contributed by atoms with van der Waals surface area (Å²) in [5.74, 6) is -1.07. The van der Waals surface area contributed by atoms with Crippen molar-refractivity contribution in [1.29, 1.82) is 10.5 Å². The lowest BCUT2D eigenvalue weighted by Gasteiger charge is -2.09. The zero-order valence-corrected chi connectivity index (χ0v) is 7.77. The Kier molecular flexibility index (Phi) is 3.14. The first-order valence-corrected chi connectivity index (χ1v) is 4.06. The Hall–Kier alpha value is -2.08. The molecule has 6 heteroatoms. The fourth-order valence-electron chi connectivity index (χ4n) is 1.14. The molecule has 0 saturated heterocycles. The molecule has 0 aromatic heterocycles. The van der Waals surface area contributed by atoms with E-state index < -0.39 is 35.1 Å². The molecule has 0 N–H and O–H groups in total. The molecule has 0 fully saturated rings. The van der Waals surface area contributed by atoms with E-state index in [1.54, 1.807) is 0 Å². The maximum atomic E-state index is 13.3. The number of alkyl halides is 3. The van der Waals surface area contributed by atoms with Crippen LogP contribution in [0, 0.1) is 28.5 Å². The number of nitrogens with zero attached hydrogens (tertiary/aromatic N) is 2. The van der Waals surface area contributed by atoms with Crippen LogP contribution in [0.25, 0.3) is 0 Å². The SMILES string of the molecule is N#CCc1cc(C(F)(F)F)cc(C#N)c1F. The van der Waals surface area contributed by atoms with Gasteiger partial charge in [0.25, 0.3) is 0 Å². The largest absolute Gasteiger partial charge is 0.416 e. The predicted molar refractivity (Wildman–Crippen MR) is 45.4 cm³/mol. The first kappa shape index (κ1) is 12.0. The standard InChI is InChI=1S/C10H4F4N2/c11-9-6(1-2-15)3-8(10(12,13)14)4-7(9)5-16/h3-4H,1H2. The van der Waals surface area contributed by atoms with Gasteiger partial charge in [-0.1, -0.05) is 0 Å². The highest BCUT2D eigenvalue weighted by molar-refractivity contribution is 5.41. The van der Waals surface area contributed by atoms with Gasteiger partial charge in [-0.15, -0.1) is 0 Å². The van der Waals surface area contributed by atoms with Gasteiger partial charge in [-0.05, 0) is 12.1 Å². The molecule has 0 heterocycles. The lowest BCUT2D eigenvalue weighted by Crippen LogP contribution is -2.08. The average molecular weight is 228 g/mol. The van der Waals surface area contributed by atoms with Gasteiger partial charge in [-0.3, -0.25) is 0 Å². The molecule has 0 amide bonds. The van der Waals surface area contributed by atoms with E-state index in [2.05, 4.69) is 0 Å². The highest BCUT2D eigenvalue weighted by atomic mass is 19.4. The highest BCUT2D eigenvalue weighted by Gasteiger charge is 2.32. The lowest BCUT2D eigenvalue weighted by molar-refractivity contribution is -0.137. The molecule has 1 rings (SSSR count). The lowest BCUT2D eigenvalue weighted by atomic mass is 10.0. The molecule has 0 unspecified atom stereocenters. The van der Waals surface area contributed by atoms with Crippen molar-refractivity contribution in [2.75, 3.05) is 0 Å². The topological polar surface area (TPSA) is 47.6 Å². The first-order chi connectivity index (χ1) is 7.40. The Labute approximate surface area is 88.3 Å². The minimum Gasteiger partial charge on any atom is -0.205 e. The van der Waals surface area contributed by atoms with Gasteiger partial charge in [0.15, 0.2) is 0 Å². The van der Waals surface area contributed by atoms with Crippen LogP contribution in [0.1, 0.15) is 16.7 Å². The van der Waals surface area contributed by atoms with Crippen LogP contribution in [0.3, 0.4) is 0 Å². The molecule has 16 heavy (non-hydrogen) atoms. The molecule has 0 spiro atoms. The van der Waals surface area contributed by atoms with E-state index in [0.29, 0.717) is 12.1 Å². The van der Waals surface area contributed by atoms with Gasteiger partial charge < -0.3 is 0 Å². The summed E-state index contributed by atoms with van der Waals surface area (Å²) in [4.78, 5) is 0. The van der Waals surface area contributed by atoms with Crippen LogP contribution in [0.5, 0.6) is 0 Å². The van der Waals surface area contributed by atoms with Crippen LogP contribution >= 0.6 is 0 Å². The third-order valence-corrected chi connectivity index (χ3v) is 1.87. The molecule has 0 atom stereocenters. The molecule has 0 bridgehead atoms. The zero-order valence-electron chi connectivity index (χ0n) is 7.77. The summed E-state index contributed by atoms with van der Waals surface area (Å²) in [5, 5.41) is 16.8. The van der Waals surface area contributed by atoms with Crippen molar-refractivity contribution < 1.29 is 17.6 Å². The number of nitriles is 2. The molecule has 1 aromatic carbocycles. The minimum absolute atomic E-state index is 0.422. The van der Waals surface area contributed by atoms with E-state index in [1.165, 1.54) is 12.1 Å². The van der Waals surface area contributed by atoms with E-state index in [-0.39, 0.29) is 0 Å². The van der Waals surface area contributed by atoms with Crippen LogP contribution < -0.4 is 0 Å². The second-order valence-electron chi connectivity index (χ2n) is 2.94. The van der Waals surface area contributed by atoms with Crippen molar-refractivity contribution in [3.63, 3.8) is 0 Å². The van der Waals surface area contributed by atoms with E-state index >= 15 is 0 Å². The molecule has 0 aliphatic heterocycles. The van der Waals surface area contributed by atoms with Crippen molar-refractivity contribution in [3.8, 4) is 12.1 Å². The first-order valence-electron chi connectivity index (χ1n) is 4.06. The molecule has 82 valence electrons. The zero-order chi connectivity index (χ0) is 12.3. The predicted octanol–water partition coefficient (Wildman–Crippen LogP) is 2.78. The Morgan fingerprint density at radius 1 is 1.19 bits per heavy atom. The van der Waals surface area contributed by atoms with Crippen molar-refractivity contribution in [3.05, 3.63) is 34.6 Å². The summed E-state index contributed by atoms with van der Waals surface area (Å²) in [6.07, 6.45) is -5.17. The van der Waals surface area contributed by atoms with Crippen molar-refractivity contribution in [1.82, 2.24) is 0 Å². The van der Waals surface area contributed by atoms with Crippen LogP contribution in [-0.4, -0.2) is 0 Å². The number of halogens is 4. The van der Waals surface area contributed by atoms with Crippen LogP contribution in [0.15, 0.2) is 12.1 Å². The maximum Gasteiger partial charge on any atom is 0.416 e. The van der Waals surface area contributed by atoms with Crippen molar-refractivity contribution in [2.24, 2.45) is 0 Å². The number of benzene rings is 1.